The van der Waals surface area contributed by atoms with Crippen molar-refractivity contribution in [3.63, 3.8) is 0 Å². The number of benzene rings is 1. The summed E-state index contributed by atoms with van der Waals surface area (Å²) < 4.78 is 5.77. The Hall–Kier alpha value is -1.02. The molecule has 0 aromatic heterocycles. The molecule has 19 heavy (non-hydrogen) atoms. The second kappa shape index (κ2) is 6.95. The van der Waals surface area contributed by atoms with Crippen LogP contribution >= 0.6 is 0 Å². The Kier molecular flexibility index (Phi) is 5.86. The lowest BCUT2D eigenvalue weighted by atomic mass is 9.83. The highest BCUT2D eigenvalue weighted by atomic mass is 16.5. The second-order valence-electron chi connectivity index (χ2n) is 6.27. The van der Waals surface area contributed by atoms with Crippen molar-refractivity contribution in [2.24, 2.45) is 5.73 Å². The Morgan fingerprint density at radius 3 is 2.47 bits per heavy atom. The molecule has 0 spiro atoms. The molecule has 1 unspecified atom stereocenters. The fourth-order valence-corrected chi connectivity index (χ4v) is 2.27. The van der Waals surface area contributed by atoms with Crippen LogP contribution in [0.15, 0.2) is 18.2 Å². The summed E-state index contributed by atoms with van der Waals surface area (Å²) in [6.45, 7) is 12.5. The van der Waals surface area contributed by atoms with Gasteiger partial charge in [0.2, 0.25) is 0 Å². The summed E-state index contributed by atoms with van der Waals surface area (Å²) in [7, 11) is 0. The van der Waals surface area contributed by atoms with Crippen LogP contribution in [-0.4, -0.2) is 13.2 Å². The second-order valence-corrected chi connectivity index (χ2v) is 6.27. The predicted molar refractivity (Wildman–Crippen MR) is 83.0 cm³/mol. The zero-order valence-electron chi connectivity index (χ0n) is 13.1. The third kappa shape index (κ3) is 4.54. The van der Waals surface area contributed by atoms with Crippen molar-refractivity contribution >= 4 is 0 Å². The minimum absolute atomic E-state index is 0.174. The first kappa shape index (κ1) is 16.0. The number of hydrogen-bond donors (Lipinski definition) is 1. The van der Waals surface area contributed by atoms with Gasteiger partial charge in [-0.2, -0.15) is 0 Å². The highest BCUT2D eigenvalue weighted by Crippen LogP contribution is 2.34. The molecule has 1 aromatic carbocycles. The largest absolute Gasteiger partial charge is 0.494 e. The molecule has 0 saturated carbocycles. The first-order valence-corrected chi connectivity index (χ1v) is 7.37. The molecule has 2 heteroatoms. The summed E-state index contributed by atoms with van der Waals surface area (Å²) in [5, 5.41) is 0. The molecule has 2 N–H and O–H groups in total. The summed E-state index contributed by atoms with van der Waals surface area (Å²) >= 11 is 0. The Labute approximate surface area is 118 Å². The van der Waals surface area contributed by atoms with Gasteiger partial charge in [0, 0.05) is 0 Å². The van der Waals surface area contributed by atoms with Crippen LogP contribution in [0.1, 0.15) is 64.5 Å². The molecule has 0 aliphatic rings. The molecular formula is C17H29NO. The van der Waals surface area contributed by atoms with Gasteiger partial charge in [-0.15, -0.1) is 0 Å². The normalized spacial score (nSPS) is 13.4. The Bertz CT molecular complexity index is 393. The zero-order valence-corrected chi connectivity index (χ0v) is 13.1. The molecule has 0 aliphatic carbocycles. The van der Waals surface area contributed by atoms with Gasteiger partial charge in [-0.05, 0) is 54.8 Å². The first-order chi connectivity index (χ1) is 8.90. The molecule has 0 aliphatic heterocycles. The van der Waals surface area contributed by atoms with Gasteiger partial charge >= 0.3 is 0 Å². The summed E-state index contributed by atoms with van der Waals surface area (Å²) in [5.74, 6) is 1.52. The number of hydrogen-bond acceptors (Lipinski definition) is 2. The van der Waals surface area contributed by atoms with Crippen LogP contribution in [0, 0.1) is 0 Å². The van der Waals surface area contributed by atoms with E-state index in [1.54, 1.807) is 0 Å². The fourth-order valence-electron chi connectivity index (χ4n) is 2.27. The smallest absolute Gasteiger partial charge is 0.122 e. The third-order valence-electron chi connectivity index (χ3n) is 3.55. The fraction of sp³-hybridized carbons (Fsp3) is 0.647. The van der Waals surface area contributed by atoms with E-state index in [-0.39, 0.29) is 5.41 Å². The summed E-state index contributed by atoms with van der Waals surface area (Å²) in [6, 6.07) is 6.62. The van der Waals surface area contributed by atoms with Crippen molar-refractivity contribution in [3.05, 3.63) is 29.3 Å². The van der Waals surface area contributed by atoms with Gasteiger partial charge in [0.25, 0.3) is 0 Å². The van der Waals surface area contributed by atoms with Crippen LogP contribution in [0.4, 0.5) is 0 Å². The van der Waals surface area contributed by atoms with Gasteiger partial charge in [-0.25, -0.2) is 0 Å². The molecule has 1 rings (SSSR count). The maximum atomic E-state index is 5.77. The van der Waals surface area contributed by atoms with E-state index in [9.17, 15) is 0 Å². The monoisotopic (exact) mass is 263 g/mol. The number of rotatable bonds is 6. The molecule has 1 atom stereocenters. The number of nitrogens with two attached hydrogens (primary N) is 1. The van der Waals surface area contributed by atoms with E-state index in [0.29, 0.717) is 12.5 Å². The highest BCUT2D eigenvalue weighted by Gasteiger charge is 2.18. The molecule has 2 nitrogen and oxygen atoms in total. The van der Waals surface area contributed by atoms with Gasteiger partial charge in [0.1, 0.15) is 5.75 Å². The van der Waals surface area contributed by atoms with Gasteiger partial charge in [0.15, 0.2) is 0 Å². The van der Waals surface area contributed by atoms with Gasteiger partial charge in [-0.1, -0.05) is 39.8 Å². The minimum atomic E-state index is 0.174. The first-order valence-electron chi connectivity index (χ1n) is 7.37. The molecule has 0 amide bonds. The highest BCUT2D eigenvalue weighted by molar-refractivity contribution is 5.41. The average Bonchev–Trinajstić information content (AvgIpc) is 2.35. The molecule has 0 saturated heterocycles. The van der Waals surface area contributed by atoms with Crippen LogP contribution in [0.25, 0.3) is 0 Å². The van der Waals surface area contributed by atoms with Crippen molar-refractivity contribution in [3.8, 4) is 5.75 Å². The van der Waals surface area contributed by atoms with E-state index < -0.39 is 0 Å². The Morgan fingerprint density at radius 1 is 1.26 bits per heavy atom. The molecular weight excluding hydrogens is 234 g/mol. The predicted octanol–water partition coefficient (Wildman–Crippen LogP) is 4.23. The minimum Gasteiger partial charge on any atom is -0.494 e. The molecule has 0 radical (unpaired) electrons. The van der Waals surface area contributed by atoms with Crippen molar-refractivity contribution in [2.45, 2.75) is 58.8 Å². The van der Waals surface area contributed by atoms with Crippen LogP contribution in [0.3, 0.4) is 0 Å². The third-order valence-corrected chi connectivity index (χ3v) is 3.55. The summed E-state index contributed by atoms with van der Waals surface area (Å²) in [6.07, 6.45) is 2.18. The van der Waals surface area contributed by atoms with E-state index in [1.165, 1.54) is 11.1 Å². The van der Waals surface area contributed by atoms with E-state index in [4.69, 9.17) is 10.5 Å². The lowest BCUT2D eigenvalue weighted by molar-refractivity contribution is 0.333. The Morgan fingerprint density at radius 2 is 1.95 bits per heavy atom. The van der Waals surface area contributed by atoms with E-state index in [2.05, 4.69) is 45.9 Å². The topological polar surface area (TPSA) is 35.2 Å². The van der Waals surface area contributed by atoms with Gasteiger partial charge in [-0.3, -0.25) is 0 Å². The Balaban J connectivity index is 3.07. The zero-order chi connectivity index (χ0) is 14.5. The van der Waals surface area contributed by atoms with Crippen LogP contribution in [-0.2, 0) is 5.41 Å². The molecule has 0 fully saturated rings. The molecule has 1 aromatic rings. The van der Waals surface area contributed by atoms with Crippen molar-refractivity contribution in [1.82, 2.24) is 0 Å². The number of ether oxygens (including phenoxy) is 1. The van der Waals surface area contributed by atoms with Crippen LogP contribution in [0.2, 0.25) is 0 Å². The summed E-state index contributed by atoms with van der Waals surface area (Å²) in [4.78, 5) is 0. The maximum absolute atomic E-state index is 5.77. The van der Waals surface area contributed by atoms with Crippen molar-refractivity contribution in [1.29, 1.82) is 0 Å². The summed E-state index contributed by atoms with van der Waals surface area (Å²) in [5.41, 5.74) is 8.48. The van der Waals surface area contributed by atoms with E-state index >= 15 is 0 Å². The van der Waals surface area contributed by atoms with Crippen molar-refractivity contribution in [2.75, 3.05) is 13.2 Å². The SMILES string of the molecule is CCOc1ccc(C(C)(C)C)cc1C(C)CCCN. The van der Waals surface area contributed by atoms with Gasteiger partial charge in [0.05, 0.1) is 6.61 Å². The maximum Gasteiger partial charge on any atom is 0.122 e. The van der Waals surface area contributed by atoms with Crippen LogP contribution in [0.5, 0.6) is 5.75 Å². The average molecular weight is 263 g/mol. The quantitative estimate of drug-likeness (QED) is 0.833. The lowest BCUT2D eigenvalue weighted by Gasteiger charge is -2.23. The van der Waals surface area contributed by atoms with Gasteiger partial charge < -0.3 is 10.5 Å². The van der Waals surface area contributed by atoms with E-state index in [1.807, 2.05) is 6.92 Å². The molecule has 0 heterocycles. The molecule has 0 bridgehead atoms. The standard InChI is InChI=1S/C17H29NO/c1-6-19-16-10-9-14(17(3,4)5)12-15(16)13(2)8-7-11-18/h9-10,12-13H,6-8,11,18H2,1-5H3. The van der Waals surface area contributed by atoms with E-state index in [0.717, 1.165) is 25.1 Å². The lowest BCUT2D eigenvalue weighted by Crippen LogP contribution is -2.13. The molecule has 108 valence electrons. The van der Waals surface area contributed by atoms with Crippen molar-refractivity contribution < 1.29 is 4.74 Å². The van der Waals surface area contributed by atoms with Crippen LogP contribution < -0.4 is 10.5 Å².